The summed E-state index contributed by atoms with van der Waals surface area (Å²) in [6, 6.07) is 6.16. The Morgan fingerprint density at radius 2 is 1.87 bits per heavy atom. The van der Waals surface area contributed by atoms with Crippen molar-refractivity contribution in [3.05, 3.63) is 50.5 Å². The van der Waals surface area contributed by atoms with Crippen molar-refractivity contribution in [2.45, 2.75) is 53.4 Å². The monoisotopic (exact) mass is 422 g/mol. The lowest BCUT2D eigenvalue weighted by Gasteiger charge is -2.22. The molecule has 3 rings (SSSR count). The lowest BCUT2D eigenvalue weighted by atomic mass is 9.96. The van der Waals surface area contributed by atoms with Gasteiger partial charge >= 0.3 is 0 Å². The summed E-state index contributed by atoms with van der Waals surface area (Å²) >= 11 is 0. The minimum Gasteiger partial charge on any atom is -0.386 e. The van der Waals surface area contributed by atoms with E-state index in [4.69, 9.17) is 9.98 Å². The van der Waals surface area contributed by atoms with Crippen molar-refractivity contribution in [2.24, 2.45) is 4.99 Å². The van der Waals surface area contributed by atoms with Crippen LogP contribution in [-0.4, -0.2) is 34.7 Å². The van der Waals surface area contributed by atoms with Crippen LogP contribution in [-0.2, 0) is 0 Å². The summed E-state index contributed by atoms with van der Waals surface area (Å²) in [6.07, 6.45) is 0. The van der Waals surface area contributed by atoms with Crippen LogP contribution in [0.5, 0.6) is 0 Å². The number of hydrogen-bond donors (Lipinski definition) is 2. The largest absolute Gasteiger partial charge is 0.386 e. The summed E-state index contributed by atoms with van der Waals surface area (Å²) < 4.78 is 1.48. The fourth-order valence-corrected chi connectivity index (χ4v) is 3.96. The molecule has 0 fully saturated rings. The molecule has 1 aromatic carbocycles. The van der Waals surface area contributed by atoms with Crippen molar-refractivity contribution >= 4 is 29.3 Å². The molecule has 0 saturated carbocycles. The highest BCUT2D eigenvalue weighted by Crippen LogP contribution is 2.29. The van der Waals surface area contributed by atoms with Crippen LogP contribution in [0.1, 0.15) is 64.6 Å². The van der Waals surface area contributed by atoms with E-state index in [1.54, 1.807) is 0 Å². The van der Waals surface area contributed by atoms with E-state index in [1.807, 2.05) is 27.0 Å². The third-order valence-electron chi connectivity index (χ3n) is 5.63. The van der Waals surface area contributed by atoms with Gasteiger partial charge in [-0.05, 0) is 43.9 Å². The number of H-pyrrole nitrogens is 1. The third-order valence-corrected chi connectivity index (χ3v) is 5.63. The van der Waals surface area contributed by atoms with Gasteiger partial charge in [-0.15, -0.1) is 0 Å². The van der Waals surface area contributed by atoms with Crippen LogP contribution in [0.4, 0.5) is 17.1 Å². The van der Waals surface area contributed by atoms with Crippen LogP contribution >= 0.6 is 0 Å². The SMILES string of the molecule is C=c1[nH]n2c(=O)c(C(C)C)c(C(C)C)nc2c1=Nc1ccc(N(CC)CC)cc1NC. The number of fused-ring (bicyclic) bond motifs is 1. The molecule has 2 heterocycles. The van der Waals surface area contributed by atoms with Gasteiger partial charge in [0.2, 0.25) is 0 Å². The topological polar surface area (TPSA) is 77.8 Å². The smallest absolute Gasteiger partial charge is 0.276 e. The number of anilines is 2. The zero-order valence-electron chi connectivity index (χ0n) is 19.7. The van der Waals surface area contributed by atoms with Gasteiger partial charge in [0, 0.05) is 31.4 Å². The van der Waals surface area contributed by atoms with Crippen LogP contribution in [0.2, 0.25) is 0 Å². The molecule has 2 N–H and O–H groups in total. The zero-order valence-corrected chi connectivity index (χ0v) is 19.7. The summed E-state index contributed by atoms with van der Waals surface area (Å²) in [5, 5.41) is 7.46. The number of nitrogens with one attached hydrogen (secondary N) is 2. The molecule has 0 spiro atoms. The lowest BCUT2D eigenvalue weighted by Crippen LogP contribution is -2.25. The number of hydrogen-bond acceptors (Lipinski definition) is 5. The van der Waals surface area contributed by atoms with Crippen LogP contribution in [0.15, 0.2) is 28.0 Å². The van der Waals surface area contributed by atoms with Gasteiger partial charge in [-0.3, -0.25) is 9.89 Å². The molecular formula is C24H34N6O. The number of aromatic nitrogens is 3. The van der Waals surface area contributed by atoms with E-state index in [2.05, 4.69) is 61.7 Å². The third kappa shape index (κ3) is 4.09. The molecule has 166 valence electrons. The average Bonchev–Trinajstić information content (AvgIpc) is 3.05. The highest BCUT2D eigenvalue weighted by Gasteiger charge is 2.20. The first-order chi connectivity index (χ1) is 14.7. The number of nitrogens with zero attached hydrogens (tertiary/aromatic N) is 4. The molecule has 0 amide bonds. The Bertz CT molecular complexity index is 1250. The zero-order chi connectivity index (χ0) is 22.9. The van der Waals surface area contributed by atoms with Gasteiger partial charge in [-0.25, -0.2) is 9.98 Å². The summed E-state index contributed by atoms with van der Waals surface area (Å²) in [6.45, 7) is 18.4. The second-order valence-corrected chi connectivity index (χ2v) is 8.36. The molecule has 0 aliphatic heterocycles. The maximum Gasteiger partial charge on any atom is 0.276 e. The fraction of sp³-hybridized carbons (Fsp3) is 0.458. The second-order valence-electron chi connectivity index (χ2n) is 8.36. The Morgan fingerprint density at radius 1 is 1.19 bits per heavy atom. The van der Waals surface area contributed by atoms with E-state index in [0.29, 0.717) is 16.4 Å². The molecule has 0 saturated heterocycles. The highest BCUT2D eigenvalue weighted by molar-refractivity contribution is 5.72. The summed E-state index contributed by atoms with van der Waals surface area (Å²) in [4.78, 5) is 25.3. The maximum atomic E-state index is 13.2. The predicted octanol–water partition coefficient (Wildman–Crippen LogP) is 3.52. The normalized spacial score (nSPS) is 12.4. The predicted molar refractivity (Wildman–Crippen MR) is 130 cm³/mol. The molecule has 0 atom stereocenters. The first-order valence-electron chi connectivity index (χ1n) is 11.0. The Hall–Kier alpha value is -3.09. The van der Waals surface area contributed by atoms with E-state index < -0.39 is 0 Å². The van der Waals surface area contributed by atoms with Gasteiger partial charge < -0.3 is 10.2 Å². The second kappa shape index (κ2) is 8.96. The van der Waals surface area contributed by atoms with E-state index in [1.165, 1.54) is 4.52 Å². The summed E-state index contributed by atoms with van der Waals surface area (Å²) in [5.41, 5.74) is 4.81. The summed E-state index contributed by atoms with van der Waals surface area (Å²) in [7, 11) is 1.88. The Morgan fingerprint density at radius 3 is 2.42 bits per heavy atom. The quantitative estimate of drug-likeness (QED) is 0.611. The first kappa shape index (κ1) is 22.6. The molecule has 0 radical (unpaired) electrons. The molecule has 7 nitrogen and oxygen atoms in total. The van der Waals surface area contributed by atoms with Crippen LogP contribution < -0.4 is 26.5 Å². The average molecular weight is 423 g/mol. The molecule has 0 bridgehead atoms. The van der Waals surface area contributed by atoms with E-state index in [-0.39, 0.29) is 17.4 Å². The number of benzene rings is 1. The van der Waals surface area contributed by atoms with Crippen molar-refractivity contribution in [1.29, 1.82) is 0 Å². The standard InChI is InChI=1S/C24H34N6O/c1-9-29(10-2)17-11-12-18(19(13-17)25-8)26-22-16(7)28-30-23(22)27-21(15(5)6)20(14(3)4)24(30)31/h11-15,25,28H,7,9-10H2,1-6,8H3. The summed E-state index contributed by atoms with van der Waals surface area (Å²) in [5.74, 6) is 0.210. The number of rotatable bonds is 7. The van der Waals surface area contributed by atoms with Crippen molar-refractivity contribution in [3.63, 3.8) is 0 Å². The Kier molecular flexibility index (Phi) is 6.53. The minimum atomic E-state index is -0.0826. The fourth-order valence-electron chi connectivity index (χ4n) is 3.96. The molecule has 0 aliphatic rings. The first-order valence-corrected chi connectivity index (χ1v) is 11.0. The molecule has 0 unspecified atom stereocenters. The molecule has 2 aromatic heterocycles. The van der Waals surface area contributed by atoms with Crippen molar-refractivity contribution in [3.8, 4) is 0 Å². The van der Waals surface area contributed by atoms with Crippen LogP contribution in [0, 0.1) is 0 Å². The van der Waals surface area contributed by atoms with Crippen LogP contribution in [0.3, 0.4) is 0 Å². The van der Waals surface area contributed by atoms with Gasteiger partial charge in [0.1, 0.15) is 5.36 Å². The Balaban J connectivity index is 2.30. The molecule has 3 aromatic rings. The lowest BCUT2D eigenvalue weighted by molar-refractivity contribution is 0.720. The number of aromatic amines is 1. The van der Waals surface area contributed by atoms with Gasteiger partial charge in [-0.2, -0.15) is 4.52 Å². The van der Waals surface area contributed by atoms with E-state index >= 15 is 0 Å². The van der Waals surface area contributed by atoms with Crippen molar-refractivity contribution < 1.29 is 0 Å². The van der Waals surface area contributed by atoms with E-state index in [0.717, 1.165) is 41.4 Å². The molecular weight excluding hydrogens is 388 g/mol. The Labute approximate surface area is 183 Å². The van der Waals surface area contributed by atoms with Gasteiger partial charge in [0.05, 0.1) is 22.4 Å². The van der Waals surface area contributed by atoms with E-state index in [9.17, 15) is 4.79 Å². The minimum absolute atomic E-state index is 0.0785. The van der Waals surface area contributed by atoms with Gasteiger partial charge in [0.15, 0.2) is 5.65 Å². The van der Waals surface area contributed by atoms with Gasteiger partial charge in [-0.1, -0.05) is 34.3 Å². The van der Waals surface area contributed by atoms with Crippen molar-refractivity contribution in [1.82, 2.24) is 14.6 Å². The highest BCUT2D eigenvalue weighted by atomic mass is 16.1. The molecule has 31 heavy (non-hydrogen) atoms. The molecule has 0 aliphatic carbocycles. The van der Waals surface area contributed by atoms with Crippen LogP contribution in [0.25, 0.3) is 12.2 Å². The maximum absolute atomic E-state index is 13.2. The van der Waals surface area contributed by atoms with Gasteiger partial charge in [0.25, 0.3) is 5.56 Å². The van der Waals surface area contributed by atoms with Crippen molar-refractivity contribution in [2.75, 3.05) is 30.4 Å². The molecule has 7 heteroatoms.